The molecule has 166 valence electrons. The molecule has 0 N–H and O–H groups in total. The minimum atomic E-state index is -1.05. The number of ketones is 1. The van der Waals surface area contributed by atoms with Crippen LogP contribution in [0.2, 0.25) is 5.02 Å². The predicted octanol–water partition coefficient (Wildman–Crippen LogP) is 5.29. The van der Waals surface area contributed by atoms with E-state index in [2.05, 4.69) is 10.2 Å². The van der Waals surface area contributed by atoms with E-state index in [9.17, 15) is 9.59 Å². The van der Waals surface area contributed by atoms with Gasteiger partial charge in [-0.2, -0.15) is 0 Å². The molecule has 1 amide bonds. The van der Waals surface area contributed by atoms with Crippen molar-refractivity contribution in [2.45, 2.75) is 43.4 Å². The summed E-state index contributed by atoms with van der Waals surface area (Å²) in [7, 11) is 1.68. The Labute approximate surface area is 196 Å². The maximum Gasteiger partial charge on any atom is 0.277 e. The molecule has 0 bridgehead atoms. The number of aryl methyl sites for hydroxylation is 1. The van der Waals surface area contributed by atoms with Crippen LogP contribution in [-0.2, 0) is 15.1 Å². The van der Waals surface area contributed by atoms with Gasteiger partial charge >= 0.3 is 0 Å². The second-order valence-electron chi connectivity index (χ2n) is 7.95. The monoisotopic (exact) mass is 469 g/mol. The summed E-state index contributed by atoms with van der Waals surface area (Å²) in [6, 6.07) is 15.1. The third kappa shape index (κ3) is 4.32. The van der Waals surface area contributed by atoms with Crippen LogP contribution in [0.25, 0.3) is 11.5 Å². The van der Waals surface area contributed by atoms with E-state index < -0.39 is 5.54 Å². The number of carbonyl (C=O) groups is 2. The molecule has 1 heterocycles. The van der Waals surface area contributed by atoms with Crippen molar-refractivity contribution in [3.8, 4) is 11.5 Å². The number of Topliss-reactive ketones (excluding diaryl/α,β-unsaturated/α-hetero) is 1. The second-order valence-corrected chi connectivity index (χ2v) is 9.28. The Morgan fingerprint density at radius 3 is 2.62 bits per heavy atom. The quantitative estimate of drug-likeness (QED) is 0.456. The summed E-state index contributed by atoms with van der Waals surface area (Å²) >= 11 is 7.64. The Morgan fingerprint density at radius 1 is 1.16 bits per heavy atom. The minimum Gasteiger partial charge on any atom is -0.411 e. The van der Waals surface area contributed by atoms with Crippen LogP contribution in [0, 0.1) is 6.92 Å². The highest BCUT2D eigenvalue weighted by Crippen LogP contribution is 2.42. The number of aromatic nitrogens is 2. The summed E-state index contributed by atoms with van der Waals surface area (Å²) in [5.74, 6) is 0.312. The van der Waals surface area contributed by atoms with Crippen LogP contribution in [0.4, 0.5) is 0 Å². The van der Waals surface area contributed by atoms with Gasteiger partial charge in [0.05, 0.1) is 5.75 Å². The smallest absolute Gasteiger partial charge is 0.277 e. The fraction of sp³-hybridized carbons (Fsp3) is 0.333. The molecule has 1 fully saturated rings. The van der Waals surface area contributed by atoms with Gasteiger partial charge in [0.15, 0.2) is 5.78 Å². The van der Waals surface area contributed by atoms with Crippen molar-refractivity contribution in [1.29, 1.82) is 0 Å². The van der Waals surface area contributed by atoms with Crippen molar-refractivity contribution < 1.29 is 14.0 Å². The molecule has 1 aromatic heterocycles. The number of rotatable bonds is 6. The van der Waals surface area contributed by atoms with E-state index in [1.807, 2.05) is 49.4 Å². The molecule has 4 rings (SSSR count). The van der Waals surface area contributed by atoms with Gasteiger partial charge in [0, 0.05) is 29.6 Å². The van der Waals surface area contributed by atoms with E-state index in [0.717, 1.165) is 35.7 Å². The van der Waals surface area contributed by atoms with Gasteiger partial charge in [-0.25, -0.2) is 0 Å². The molecule has 1 saturated carbocycles. The van der Waals surface area contributed by atoms with Crippen molar-refractivity contribution in [3.63, 3.8) is 0 Å². The lowest BCUT2D eigenvalue weighted by molar-refractivity contribution is -0.146. The third-order valence-electron chi connectivity index (χ3n) is 5.94. The van der Waals surface area contributed by atoms with Crippen LogP contribution in [-0.4, -0.2) is 39.6 Å². The topological polar surface area (TPSA) is 76.3 Å². The molecule has 1 aliphatic rings. The summed E-state index contributed by atoms with van der Waals surface area (Å²) in [6.45, 7) is 2.01. The summed E-state index contributed by atoms with van der Waals surface area (Å²) in [5.41, 5.74) is 1.60. The molecule has 8 heteroatoms. The molecule has 3 aromatic rings. The summed E-state index contributed by atoms with van der Waals surface area (Å²) in [4.78, 5) is 27.9. The van der Waals surface area contributed by atoms with E-state index in [-0.39, 0.29) is 17.4 Å². The number of amides is 1. The lowest BCUT2D eigenvalue weighted by atomic mass is 9.74. The fourth-order valence-corrected chi connectivity index (χ4v) is 5.11. The highest BCUT2D eigenvalue weighted by molar-refractivity contribution is 7.99. The number of thioether (sulfide) groups is 1. The molecular formula is C24H24ClN3O3S. The Balaban J connectivity index is 1.51. The van der Waals surface area contributed by atoms with Crippen molar-refractivity contribution in [2.75, 3.05) is 12.8 Å². The maximum absolute atomic E-state index is 13.2. The zero-order valence-corrected chi connectivity index (χ0v) is 19.6. The highest BCUT2D eigenvalue weighted by Gasteiger charge is 2.47. The van der Waals surface area contributed by atoms with Crippen LogP contribution in [0.5, 0.6) is 0 Å². The number of nitrogens with zero attached hydrogens (tertiary/aromatic N) is 3. The molecule has 0 saturated heterocycles. The summed E-state index contributed by atoms with van der Waals surface area (Å²) in [5, 5.41) is 8.93. The molecule has 1 aliphatic carbocycles. The third-order valence-corrected chi connectivity index (χ3v) is 7.08. The standard InChI is InChI=1S/C24H24ClN3O3S/c1-16-10-12-17(13-11-16)22-26-27-23(31-22)32-15-21(30)28(2)24(14-6-5-9-20(24)29)18-7-3-4-8-19(18)25/h3-4,7-8,10-13H,5-6,9,14-15H2,1-2H3/t24-/m0/s1. The number of carbonyl (C=O) groups excluding carboxylic acids is 2. The van der Waals surface area contributed by atoms with Crippen molar-refractivity contribution >= 4 is 35.1 Å². The van der Waals surface area contributed by atoms with Gasteiger partial charge in [-0.05, 0) is 44.4 Å². The highest BCUT2D eigenvalue weighted by atomic mass is 35.5. The number of likely N-dealkylation sites (N-methyl/N-ethyl adjacent to an activating group) is 1. The number of halogens is 1. The average molecular weight is 470 g/mol. The van der Waals surface area contributed by atoms with Gasteiger partial charge in [0.25, 0.3) is 5.22 Å². The van der Waals surface area contributed by atoms with Crippen LogP contribution in [0.1, 0.15) is 36.8 Å². The number of benzene rings is 2. The van der Waals surface area contributed by atoms with Crippen molar-refractivity contribution in [2.24, 2.45) is 0 Å². The molecule has 32 heavy (non-hydrogen) atoms. The van der Waals surface area contributed by atoms with E-state index in [4.69, 9.17) is 16.0 Å². The Bertz CT molecular complexity index is 1130. The molecule has 2 aromatic carbocycles. The normalized spacial score (nSPS) is 18.5. The lowest BCUT2D eigenvalue weighted by Crippen LogP contribution is -2.54. The molecule has 0 unspecified atom stereocenters. The van der Waals surface area contributed by atoms with Crippen LogP contribution in [0.15, 0.2) is 58.2 Å². The number of hydrogen-bond acceptors (Lipinski definition) is 6. The van der Waals surface area contributed by atoms with E-state index in [1.54, 1.807) is 18.0 Å². The Hall–Kier alpha value is -2.64. The first kappa shape index (κ1) is 22.6. The first-order valence-electron chi connectivity index (χ1n) is 10.5. The predicted molar refractivity (Wildman–Crippen MR) is 125 cm³/mol. The fourth-order valence-electron chi connectivity index (χ4n) is 4.14. The van der Waals surface area contributed by atoms with E-state index in [0.29, 0.717) is 34.5 Å². The van der Waals surface area contributed by atoms with Gasteiger partial charge in [-0.15, -0.1) is 10.2 Å². The first-order valence-corrected chi connectivity index (χ1v) is 11.9. The Morgan fingerprint density at radius 2 is 1.91 bits per heavy atom. The maximum atomic E-state index is 13.2. The summed E-state index contributed by atoms with van der Waals surface area (Å²) < 4.78 is 5.72. The van der Waals surface area contributed by atoms with Crippen molar-refractivity contribution in [3.05, 3.63) is 64.7 Å². The Kier molecular flexibility index (Phi) is 6.67. The van der Waals surface area contributed by atoms with Gasteiger partial charge in [-0.3, -0.25) is 9.59 Å². The molecule has 1 atom stereocenters. The first-order chi connectivity index (χ1) is 15.4. The molecule has 0 spiro atoms. The molecular weight excluding hydrogens is 446 g/mol. The summed E-state index contributed by atoms with van der Waals surface area (Å²) in [6.07, 6.45) is 2.66. The zero-order chi connectivity index (χ0) is 22.7. The van der Waals surface area contributed by atoms with Crippen LogP contribution >= 0.6 is 23.4 Å². The lowest BCUT2D eigenvalue weighted by Gasteiger charge is -2.44. The van der Waals surface area contributed by atoms with Crippen molar-refractivity contribution in [1.82, 2.24) is 15.1 Å². The largest absolute Gasteiger partial charge is 0.411 e. The second kappa shape index (κ2) is 9.46. The van der Waals surface area contributed by atoms with E-state index in [1.165, 1.54) is 0 Å². The minimum absolute atomic E-state index is 0.0251. The van der Waals surface area contributed by atoms with Crippen LogP contribution < -0.4 is 0 Å². The van der Waals surface area contributed by atoms with Gasteiger partial charge in [0.1, 0.15) is 5.54 Å². The van der Waals surface area contributed by atoms with Gasteiger partial charge in [-0.1, -0.05) is 59.3 Å². The van der Waals surface area contributed by atoms with E-state index >= 15 is 0 Å². The SMILES string of the molecule is Cc1ccc(-c2nnc(SCC(=O)N(C)[C@]3(c4ccccc4Cl)CCCCC3=O)o2)cc1. The molecule has 0 aliphatic heterocycles. The average Bonchev–Trinajstić information content (AvgIpc) is 3.27. The van der Waals surface area contributed by atoms with Gasteiger partial charge < -0.3 is 9.32 Å². The van der Waals surface area contributed by atoms with Crippen LogP contribution in [0.3, 0.4) is 0 Å². The van der Waals surface area contributed by atoms with Gasteiger partial charge in [0.2, 0.25) is 11.8 Å². The molecule has 6 nitrogen and oxygen atoms in total. The zero-order valence-electron chi connectivity index (χ0n) is 18.0. The molecule has 0 radical (unpaired) electrons. The number of hydrogen-bond donors (Lipinski definition) is 0.